The van der Waals surface area contributed by atoms with E-state index in [2.05, 4.69) is 18.0 Å². The molecule has 0 N–H and O–H groups in total. The number of aromatic nitrogens is 1. The molecule has 114 valence electrons. The van der Waals surface area contributed by atoms with Gasteiger partial charge in [-0.2, -0.15) is 5.26 Å². The van der Waals surface area contributed by atoms with Gasteiger partial charge in [-0.25, -0.2) is 0 Å². The van der Waals surface area contributed by atoms with E-state index in [-0.39, 0.29) is 0 Å². The highest BCUT2D eigenvalue weighted by molar-refractivity contribution is 6.35. The molecule has 1 atom stereocenters. The number of pyridine rings is 1. The monoisotopic (exact) mass is 332 g/mol. The third kappa shape index (κ3) is 3.80. The van der Waals surface area contributed by atoms with Crippen molar-refractivity contribution in [3.05, 3.63) is 63.9 Å². The fourth-order valence-corrected chi connectivity index (χ4v) is 3.23. The van der Waals surface area contributed by atoms with Crippen molar-refractivity contribution < 1.29 is 0 Å². The van der Waals surface area contributed by atoms with Crippen LogP contribution in [0.3, 0.4) is 0 Å². The van der Waals surface area contributed by atoms with Crippen LogP contribution in [0, 0.1) is 11.3 Å². The minimum atomic E-state index is -0.675. The highest BCUT2D eigenvalue weighted by Crippen LogP contribution is 2.38. The molecule has 4 heteroatoms. The summed E-state index contributed by atoms with van der Waals surface area (Å²) in [6, 6.07) is 13.6. The average Bonchev–Trinajstić information content (AvgIpc) is 2.53. The van der Waals surface area contributed by atoms with Crippen LogP contribution in [0.1, 0.15) is 37.4 Å². The molecule has 1 heterocycles. The molecular weight excluding hydrogens is 315 g/mol. The van der Waals surface area contributed by atoms with E-state index in [4.69, 9.17) is 23.2 Å². The summed E-state index contributed by atoms with van der Waals surface area (Å²) in [7, 11) is 0. The predicted octanol–water partition coefficient (Wildman–Crippen LogP) is 5.58. The summed E-state index contributed by atoms with van der Waals surface area (Å²) < 4.78 is 0. The second-order valence-electron chi connectivity index (χ2n) is 5.42. The normalized spacial score (nSPS) is 13.4. The molecular formula is C18H18Cl2N2. The van der Waals surface area contributed by atoms with Gasteiger partial charge in [-0.1, -0.05) is 55.1 Å². The number of rotatable bonds is 6. The number of benzene rings is 1. The molecule has 0 spiro atoms. The van der Waals surface area contributed by atoms with Crippen LogP contribution in [0.25, 0.3) is 0 Å². The van der Waals surface area contributed by atoms with Crippen molar-refractivity contribution in [3.63, 3.8) is 0 Å². The van der Waals surface area contributed by atoms with E-state index in [0.29, 0.717) is 16.5 Å². The quantitative estimate of drug-likeness (QED) is 0.691. The summed E-state index contributed by atoms with van der Waals surface area (Å²) in [6.07, 6.45) is 5.03. The summed E-state index contributed by atoms with van der Waals surface area (Å²) in [5, 5.41) is 11.1. The standard InChI is InChI=1S/C18H18Cl2N2/c1-2-3-9-18(13-21,12-15-6-4-5-10-22-15)16-8-7-14(19)11-17(16)20/h4-8,10-11H,2-3,9,12H2,1H3. The number of unbranched alkanes of at least 4 members (excludes halogenated alkanes) is 1. The Kier molecular flexibility index (Phi) is 5.83. The molecule has 0 radical (unpaired) electrons. The van der Waals surface area contributed by atoms with Gasteiger partial charge in [-0.15, -0.1) is 0 Å². The van der Waals surface area contributed by atoms with Gasteiger partial charge in [0.2, 0.25) is 0 Å². The van der Waals surface area contributed by atoms with Crippen molar-refractivity contribution in [1.29, 1.82) is 5.26 Å². The van der Waals surface area contributed by atoms with Crippen LogP contribution < -0.4 is 0 Å². The Morgan fingerprint density at radius 1 is 1.23 bits per heavy atom. The molecule has 1 unspecified atom stereocenters. The van der Waals surface area contributed by atoms with Crippen LogP contribution in [0.15, 0.2) is 42.6 Å². The molecule has 0 aliphatic carbocycles. The zero-order chi connectivity index (χ0) is 16.0. The SMILES string of the molecule is CCCCC(C#N)(Cc1ccccn1)c1ccc(Cl)cc1Cl. The zero-order valence-corrected chi connectivity index (χ0v) is 14.0. The zero-order valence-electron chi connectivity index (χ0n) is 12.5. The number of hydrogen-bond acceptors (Lipinski definition) is 2. The Morgan fingerprint density at radius 2 is 2.05 bits per heavy atom. The van der Waals surface area contributed by atoms with Gasteiger partial charge in [0.15, 0.2) is 0 Å². The molecule has 0 fully saturated rings. The van der Waals surface area contributed by atoms with Crippen LogP contribution in [-0.2, 0) is 11.8 Å². The Bertz CT molecular complexity index is 665. The molecule has 1 aromatic heterocycles. The van der Waals surface area contributed by atoms with E-state index in [9.17, 15) is 5.26 Å². The molecule has 0 amide bonds. The molecule has 0 saturated heterocycles. The van der Waals surface area contributed by atoms with E-state index in [1.165, 1.54) is 0 Å². The lowest BCUT2D eigenvalue weighted by molar-refractivity contribution is 0.472. The lowest BCUT2D eigenvalue weighted by atomic mass is 9.74. The summed E-state index contributed by atoms with van der Waals surface area (Å²) in [6.45, 7) is 2.12. The third-order valence-corrected chi connectivity index (χ3v) is 4.37. The fraction of sp³-hybridized carbons (Fsp3) is 0.333. The minimum absolute atomic E-state index is 0.543. The maximum atomic E-state index is 9.94. The van der Waals surface area contributed by atoms with Gasteiger partial charge in [-0.3, -0.25) is 4.98 Å². The smallest absolute Gasteiger partial charge is 0.0891 e. The maximum absolute atomic E-state index is 9.94. The molecule has 0 saturated carbocycles. The van der Waals surface area contributed by atoms with Gasteiger partial charge >= 0.3 is 0 Å². The third-order valence-electron chi connectivity index (χ3n) is 3.83. The molecule has 1 aromatic carbocycles. The summed E-state index contributed by atoms with van der Waals surface area (Å²) in [4.78, 5) is 4.37. The van der Waals surface area contributed by atoms with Crippen LogP contribution in [0.4, 0.5) is 0 Å². The number of nitrogens with zero attached hydrogens (tertiary/aromatic N) is 2. The molecule has 0 aliphatic rings. The van der Waals surface area contributed by atoms with E-state index >= 15 is 0 Å². The first-order chi connectivity index (χ1) is 10.6. The topological polar surface area (TPSA) is 36.7 Å². The van der Waals surface area contributed by atoms with Crippen molar-refractivity contribution in [2.24, 2.45) is 0 Å². The second kappa shape index (κ2) is 7.63. The first-order valence-corrected chi connectivity index (χ1v) is 8.13. The summed E-state index contributed by atoms with van der Waals surface area (Å²) >= 11 is 12.4. The molecule has 2 nitrogen and oxygen atoms in total. The van der Waals surface area contributed by atoms with E-state index < -0.39 is 5.41 Å². The highest BCUT2D eigenvalue weighted by Gasteiger charge is 2.34. The number of halogens is 2. The van der Waals surface area contributed by atoms with Gasteiger partial charge in [0.1, 0.15) is 0 Å². The van der Waals surface area contributed by atoms with Crippen molar-refractivity contribution in [2.45, 2.75) is 38.0 Å². The van der Waals surface area contributed by atoms with E-state index in [1.54, 1.807) is 18.3 Å². The van der Waals surface area contributed by atoms with Crippen molar-refractivity contribution in [1.82, 2.24) is 4.98 Å². The Labute approximate surface area is 141 Å². The van der Waals surface area contributed by atoms with Gasteiger partial charge in [0, 0.05) is 28.4 Å². The average molecular weight is 333 g/mol. The summed E-state index contributed by atoms with van der Waals surface area (Å²) in [5.41, 5.74) is 1.05. The van der Waals surface area contributed by atoms with Crippen LogP contribution in [0.5, 0.6) is 0 Å². The Morgan fingerprint density at radius 3 is 2.64 bits per heavy atom. The van der Waals surface area contributed by atoms with E-state index in [1.807, 2.05) is 24.3 Å². The van der Waals surface area contributed by atoms with Crippen molar-refractivity contribution in [2.75, 3.05) is 0 Å². The predicted molar refractivity (Wildman–Crippen MR) is 91.2 cm³/mol. The second-order valence-corrected chi connectivity index (χ2v) is 6.26. The fourth-order valence-electron chi connectivity index (χ4n) is 2.64. The molecule has 2 aromatic rings. The van der Waals surface area contributed by atoms with Gasteiger partial charge in [-0.05, 0) is 36.2 Å². The molecule has 0 aliphatic heterocycles. The van der Waals surface area contributed by atoms with Crippen LogP contribution >= 0.6 is 23.2 Å². The number of hydrogen-bond donors (Lipinski definition) is 0. The van der Waals surface area contributed by atoms with Gasteiger partial charge in [0.25, 0.3) is 0 Å². The Balaban J connectivity index is 2.46. The van der Waals surface area contributed by atoms with Gasteiger partial charge < -0.3 is 0 Å². The lowest BCUT2D eigenvalue weighted by Gasteiger charge is -2.28. The first-order valence-electron chi connectivity index (χ1n) is 7.38. The van der Waals surface area contributed by atoms with Crippen LogP contribution in [-0.4, -0.2) is 4.98 Å². The van der Waals surface area contributed by atoms with Crippen molar-refractivity contribution in [3.8, 4) is 6.07 Å². The first kappa shape index (κ1) is 16.8. The summed E-state index contributed by atoms with van der Waals surface area (Å²) in [5.74, 6) is 0. The van der Waals surface area contributed by atoms with Crippen LogP contribution in [0.2, 0.25) is 10.0 Å². The largest absolute Gasteiger partial charge is 0.261 e. The molecule has 0 bridgehead atoms. The molecule has 22 heavy (non-hydrogen) atoms. The van der Waals surface area contributed by atoms with Crippen molar-refractivity contribution >= 4 is 23.2 Å². The Hall–Kier alpha value is -1.56. The lowest BCUT2D eigenvalue weighted by Crippen LogP contribution is -2.28. The maximum Gasteiger partial charge on any atom is 0.0891 e. The number of nitriles is 1. The molecule has 2 rings (SSSR count). The minimum Gasteiger partial charge on any atom is -0.261 e. The van der Waals surface area contributed by atoms with Gasteiger partial charge in [0.05, 0.1) is 11.5 Å². The van der Waals surface area contributed by atoms with E-state index in [0.717, 1.165) is 30.5 Å². The highest BCUT2D eigenvalue weighted by atomic mass is 35.5.